The van der Waals surface area contributed by atoms with Gasteiger partial charge in [-0.05, 0) is 55.3 Å². The van der Waals surface area contributed by atoms with E-state index >= 15 is 0 Å². The van der Waals surface area contributed by atoms with Gasteiger partial charge in [-0.25, -0.2) is 9.37 Å². The molecular formula is C26H27F2N3O2S. The van der Waals surface area contributed by atoms with Gasteiger partial charge < -0.3 is 15.2 Å². The van der Waals surface area contributed by atoms with Crippen molar-refractivity contribution in [3.63, 3.8) is 0 Å². The minimum atomic E-state index is -0.651. The highest BCUT2D eigenvalue weighted by Gasteiger charge is 2.52. The summed E-state index contributed by atoms with van der Waals surface area (Å²) in [7, 11) is 1.91. The number of fused-ring (bicyclic) bond motifs is 2. The van der Waals surface area contributed by atoms with Gasteiger partial charge in [0.2, 0.25) is 5.95 Å². The van der Waals surface area contributed by atoms with Crippen molar-refractivity contribution in [3.05, 3.63) is 83.7 Å². The van der Waals surface area contributed by atoms with E-state index in [1.54, 1.807) is 36.0 Å². The molecule has 3 atom stereocenters. The summed E-state index contributed by atoms with van der Waals surface area (Å²) < 4.78 is 40.0. The van der Waals surface area contributed by atoms with E-state index in [1.807, 2.05) is 30.1 Å². The summed E-state index contributed by atoms with van der Waals surface area (Å²) in [6, 6.07) is 16.1. The van der Waals surface area contributed by atoms with Crippen LogP contribution in [0, 0.1) is 17.7 Å². The first-order chi connectivity index (χ1) is 16.5. The molecule has 0 amide bonds. The van der Waals surface area contributed by atoms with Crippen LogP contribution in [0.1, 0.15) is 17.5 Å². The van der Waals surface area contributed by atoms with E-state index in [1.165, 1.54) is 17.8 Å². The molecule has 3 aliphatic heterocycles. The van der Waals surface area contributed by atoms with Gasteiger partial charge in [-0.1, -0.05) is 24.3 Å². The Labute approximate surface area is 202 Å². The Morgan fingerprint density at radius 3 is 2.71 bits per heavy atom. The summed E-state index contributed by atoms with van der Waals surface area (Å²) in [5, 5.41) is 0. The lowest BCUT2D eigenvalue weighted by Crippen LogP contribution is -2.63. The number of hydrogen-bond donors (Lipinski definition) is 1. The van der Waals surface area contributed by atoms with E-state index in [4.69, 9.17) is 15.2 Å². The number of likely N-dealkylation sites (N-methyl/N-ethyl adjacent to an activating group) is 1. The van der Waals surface area contributed by atoms with Gasteiger partial charge in [0.25, 0.3) is 0 Å². The van der Waals surface area contributed by atoms with Crippen molar-refractivity contribution < 1.29 is 18.3 Å². The van der Waals surface area contributed by atoms with Crippen LogP contribution >= 0.6 is 11.8 Å². The molecule has 4 heterocycles. The fourth-order valence-electron chi connectivity index (χ4n) is 4.93. The zero-order valence-corrected chi connectivity index (χ0v) is 19.7. The van der Waals surface area contributed by atoms with Gasteiger partial charge in [-0.2, -0.15) is 4.39 Å². The normalized spacial score (nSPS) is 25.6. The van der Waals surface area contributed by atoms with Crippen molar-refractivity contribution in [3.8, 4) is 16.9 Å². The largest absolute Gasteiger partial charge is 0.488 e. The predicted molar refractivity (Wildman–Crippen MR) is 129 cm³/mol. The Morgan fingerprint density at radius 2 is 2.00 bits per heavy atom. The van der Waals surface area contributed by atoms with Crippen LogP contribution in [0.3, 0.4) is 0 Å². The first-order valence-electron chi connectivity index (χ1n) is 11.3. The zero-order valence-electron chi connectivity index (χ0n) is 18.9. The number of pyridine rings is 1. The maximum absolute atomic E-state index is 15.0. The highest BCUT2D eigenvalue weighted by Crippen LogP contribution is 2.48. The van der Waals surface area contributed by atoms with E-state index in [-0.39, 0.29) is 17.2 Å². The molecule has 8 heteroatoms. The highest BCUT2D eigenvalue weighted by molar-refractivity contribution is 7.99. The number of benzene rings is 2. The van der Waals surface area contributed by atoms with Crippen LogP contribution in [0.2, 0.25) is 0 Å². The van der Waals surface area contributed by atoms with Gasteiger partial charge in [0.05, 0.1) is 12.1 Å². The molecule has 1 unspecified atom stereocenters. The lowest BCUT2D eigenvalue weighted by molar-refractivity contribution is -0.0870. The summed E-state index contributed by atoms with van der Waals surface area (Å²) >= 11 is 1.67. The molecule has 34 heavy (non-hydrogen) atoms. The second-order valence-corrected chi connectivity index (χ2v) is 9.88. The van der Waals surface area contributed by atoms with Crippen LogP contribution in [-0.4, -0.2) is 41.4 Å². The molecule has 6 rings (SSSR count). The Bertz CT molecular complexity index is 1150. The van der Waals surface area contributed by atoms with Crippen molar-refractivity contribution in [2.24, 2.45) is 11.7 Å². The molecule has 0 bridgehead atoms. The van der Waals surface area contributed by atoms with Gasteiger partial charge >= 0.3 is 0 Å². The molecule has 2 saturated heterocycles. The summed E-state index contributed by atoms with van der Waals surface area (Å²) in [5.41, 5.74) is 8.18. The zero-order chi connectivity index (χ0) is 23.7. The molecule has 2 N–H and O–H groups in total. The second-order valence-electron chi connectivity index (χ2n) is 8.73. The van der Waals surface area contributed by atoms with E-state index in [2.05, 4.69) is 11.1 Å². The summed E-state index contributed by atoms with van der Waals surface area (Å²) in [4.78, 5) is 5.71. The van der Waals surface area contributed by atoms with Crippen molar-refractivity contribution in [2.45, 2.75) is 24.1 Å². The number of aromatic nitrogens is 1. The van der Waals surface area contributed by atoms with Crippen LogP contribution in [0.25, 0.3) is 11.1 Å². The third kappa shape index (κ3) is 4.09. The van der Waals surface area contributed by atoms with Gasteiger partial charge in [0.1, 0.15) is 23.7 Å². The third-order valence-electron chi connectivity index (χ3n) is 6.95. The topological polar surface area (TPSA) is 60.6 Å². The smallest absolute Gasteiger partial charge is 0.220 e. The van der Waals surface area contributed by atoms with Gasteiger partial charge in [0, 0.05) is 35.2 Å². The number of thioether (sulfide) groups is 1. The van der Waals surface area contributed by atoms with Crippen LogP contribution in [0.15, 0.2) is 60.8 Å². The lowest BCUT2D eigenvalue weighted by atomic mass is 9.74. The maximum atomic E-state index is 15.0. The molecule has 5 nitrogen and oxygen atoms in total. The maximum Gasteiger partial charge on any atom is 0.220 e. The molecule has 2 fully saturated rings. The monoisotopic (exact) mass is 483 g/mol. The van der Waals surface area contributed by atoms with Crippen LogP contribution in [0.4, 0.5) is 8.78 Å². The van der Waals surface area contributed by atoms with Crippen LogP contribution < -0.4 is 10.5 Å². The second kappa shape index (κ2) is 9.62. The minimum Gasteiger partial charge on any atom is -0.488 e. The van der Waals surface area contributed by atoms with E-state index in [9.17, 15) is 8.78 Å². The summed E-state index contributed by atoms with van der Waals surface area (Å²) in [5.74, 6) is 1.23. The molecule has 2 aromatic carbocycles. The SMILES string of the molecule is CN1C(N)SC[C@@H]2CCOC[C@@]21c1cc(-c2cccnc2F)ccc1F.c1ccc2c(c1)CO2. The molecule has 0 spiro atoms. The summed E-state index contributed by atoms with van der Waals surface area (Å²) in [6.45, 7) is 1.84. The van der Waals surface area contributed by atoms with Gasteiger partial charge in [-0.3, -0.25) is 4.90 Å². The average Bonchev–Trinajstić information content (AvgIpc) is 2.84. The van der Waals surface area contributed by atoms with E-state index in [0.717, 1.165) is 24.5 Å². The molecule has 3 aromatic rings. The molecule has 3 aliphatic rings. The molecule has 0 aliphatic carbocycles. The number of nitrogens with two attached hydrogens (primary N) is 1. The molecule has 0 radical (unpaired) electrons. The van der Waals surface area contributed by atoms with Crippen molar-refractivity contribution in [1.29, 1.82) is 0 Å². The van der Waals surface area contributed by atoms with Crippen molar-refractivity contribution >= 4 is 11.8 Å². The number of halogens is 2. The highest BCUT2D eigenvalue weighted by atomic mass is 32.2. The van der Waals surface area contributed by atoms with Crippen LogP contribution in [-0.2, 0) is 16.9 Å². The van der Waals surface area contributed by atoms with E-state index < -0.39 is 11.5 Å². The molecular weight excluding hydrogens is 456 g/mol. The molecule has 0 saturated carbocycles. The summed E-state index contributed by atoms with van der Waals surface area (Å²) in [6.07, 6.45) is 2.24. The fraction of sp³-hybridized carbons (Fsp3) is 0.346. The van der Waals surface area contributed by atoms with Gasteiger partial charge in [0.15, 0.2) is 0 Å². The lowest BCUT2D eigenvalue weighted by Gasteiger charge is -2.55. The molecule has 178 valence electrons. The number of para-hydroxylation sites is 1. The average molecular weight is 484 g/mol. The number of hydrogen-bond acceptors (Lipinski definition) is 6. The van der Waals surface area contributed by atoms with Crippen molar-refractivity contribution in [2.75, 3.05) is 26.0 Å². The molecule has 1 aromatic heterocycles. The number of ether oxygens (including phenoxy) is 2. The van der Waals surface area contributed by atoms with Crippen molar-refractivity contribution in [1.82, 2.24) is 9.88 Å². The number of rotatable bonds is 2. The minimum absolute atomic E-state index is 0.217. The Balaban J connectivity index is 0.000000252. The third-order valence-corrected chi connectivity index (χ3v) is 8.20. The number of nitrogens with zero attached hydrogens (tertiary/aromatic N) is 2. The Kier molecular flexibility index (Phi) is 6.57. The Hall–Kier alpha value is -2.52. The van der Waals surface area contributed by atoms with E-state index in [0.29, 0.717) is 29.9 Å². The first-order valence-corrected chi connectivity index (χ1v) is 12.3. The fourth-order valence-corrected chi connectivity index (χ4v) is 6.21. The predicted octanol–water partition coefficient (Wildman–Crippen LogP) is 4.76. The Morgan fingerprint density at radius 1 is 1.15 bits per heavy atom. The van der Waals surface area contributed by atoms with Gasteiger partial charge in [-0.15, -0.1) is 11.8 Å². The standard InChI is InChI=1S/C19H21F2N3OS.C7H6O/c1-24-18(22)26-10-13-6-8-25-11-19(13,24)15-9-12(4-5-16(15)20)14-3-2-7-23-17(14)21;1-2-4-7-6(3-1)5-8-7/h2-5,7,9,13,18H,6,8,10-11,22H2,1H3;1-4H,5H2/t13-,18?,19-;/m0./s1. The first kappa shape index (κ1) is 23.2. The van der Waals surface area contributed by atoms with Crippen LogP contribution in [0.5, 0.6) is 5.75 Å². The quantitative estimate of drug-likeness (QED) is 0.531.